The second-order valence-corrected chi connectivity index (χ2v) is 5.84. The molecule has 15 heteroatoms. The highest BCUT2D eigenvalue weighted by molar-refractivity contribution is 5.68. The Hall–Kier alpha value is -3.75. The Morgan fingerprint density at radius 1 is 1.17 bits per heavy atom. The van der Waals surface area contributed by atoms with Gasteiger partial charge < -0.3 is 30.4 Å². The number of ether oxygens (including phenoxy) is 3. The summed E-state index contributed by atoms with van der Waals surface area (Å²) < 4.78 is 15.0. The summed E-state index contributed by atoms with van der Waals surface area (Å²) in [6.45, 7) is 1.80. The van der Waals surface area contributed by atoms with Gasteiger partial charge in [0, 0.05) is 20.8 Å². The van der Waals surface area contributed by atoms with Crippen LogP contribution in [0, 0.1) is 10.1 Å². The molecule has 0 radical (unpaired) electrons. The van der Waals surface area contributed by atoms with E-state index in [1.54, 1.807) is 0 Å². The largest absolute Gasteiger partial charge is 0.457 e. The summed E-state index contributed by atoms with van der Waals surface area (Å²) in [4.78, 5) is 61.8. The number of hydrogen-bond acceptors (Lipinski definition) is 13. The van der Waals surface area contributed by atoms with Gasteiger partial charge in [-0.2, -0.15) is 4.98 Å². The fraction of sp³-hybridized carbons (Fsp3) is 0.533. The van der Waals surface area contributed by atoms with E-state index in [2.05, 4.69) is 10.3 Å². The quantitative estimate of drug-likeness (QED) is 0.143. The van der Waals surface area contributed by atoms with Crippen LogP contribution in [0.25, 0.3) is 0 Å². The number of nitro groups is 1. The maximum Gasteiger partial charge on any atom is 0.375 e. The third-order valence-corrected chi connectivity index (χ3v) is 3.42. The summed E-state index contributed by atoms with van der Waals surface area (Å²) in [5, 5.41) is 23.1. The number of aliphatic hydroxyl groups excluding tert-OH is 1. The summed E-state index contributed by atoms with van der Waals surface area (Å²) in [6.07, 6.45) is -4.33. The monoisotopic (exact) mass is 431 g/mol. The van der Waals surface area contributed by atoms with Crippen LogP contribution >= 0.6 is 0 Å². The van der Waals surface area contributed by atoms with Gasteiger partial charge in [0.05, 0.1) is 18.1 Å². The molecule has 5 N–H and O–H groups in total. The maximum absolute atomic E-state index is 11.8. The van der Waals surface area contributed by atoms with Crippen LogP contribution in [0.15, 0.2) is 4.79 Å². The number of nitrogens with one attached hydrogen (secondary N) is 2. The molecule has 0 saturated heterocycles. The normalized spacial score (nSPS) is 13.5. The Balaban J connectivity index is 3.28. The van der Waals surface area contributed by atoms with Crippen LogP contribution in [-0.4, -0.2) is 69.4 Å². The summed E-state index contributed by atoms with van der Waals surface area (Å²) in [5.74, 6) is -3.49. The van der Waals surface area contributed by atoms with Crippen LogP contribution in [0.4, 0.5) is 17.5 Å². The number of nitrogens with two attached hydrogens (primary N) is 1. The van der Waals surface area contributed by atoms with Gasteiger partial charge in [0.1, 0.15) is 0 Å². The molecule has 0 bridgehead atoms. The number of aromatic amines is 1. The van der Waals surface area contributed by atoms with Crippen molar-refractivity contribution >= 4 is 35.4 Å². The molecule has 0 fully saturated rings. The van der Waals surface area contributed by atoms with E-state index in [0.717, 1.165) is 20.8 Å². The predicted octanol–water partition coefficient (Wildman–Crippen LogP) is -1.54. The molecule has 1 aromatic heterocycles. The lowest BCUT2D eigenvalue weighted by atomic mass is 10.1. The van der Waals surface area contributed by atoms with E-state index < -0.39 is 77.3 Å². The lowest BCUT2D eigenvalue weighted by Crippen LogP contribution is -2.49. The minimum absolute atomic E-state index is 0.429. The Labute approximate surface area is 168 Å². The van der Waals surface area contributed by atoms with Crippen LogP contribution in [0.5, 0.6) is 0 Å². The first-order valence-corrected chi connectivity index (χ1v) is 8.36. The SMILES string of the molecule is CC(=O)O[C@@H]([C@@H](CO)OC(C)=O)[C@@H](CNc1nc(N)[nH]c(=O)c1[N+](=O)[O-])OC(C)=O. The molecule has 0 aromatic carbocycles. The number of nitrogen functional groups attached to an aromatic ring is 1. The first-order valence-electron chi connectivity index (χ1n) is 8.36. The molecule has 0 spiro atoms. The van der Waals surface area contributed by atoms with Crippen molar-refractivity contribution in [1.82, 2.24) is 9.97 Å². The molecule has 1 heterocycles. The Morgan fingerprint density at radius 3 is 2.17 bits per heavy atom. The summed E-state index contributed by atoms with van der Waals surface area (Å²) in [5.41, 5.74) is 3.29. The van der Waals surface area contributed by atoms with Crippen molar-refractivity contribution in [2.75, 3.05) is 24.2 Å². The first kappa shape index (κ1) is 24.3. The van der Waals surface area contributed by atoms with E-state index in [4.69, 9.17) is 19.9 Å². The standard InChI is InChI=1S/C15H21N5O10/c1-6(22)28-9(12(30-8(3)24)10(5-21)29-7(2)23)4-17-13-11(20(26)27)14(25)19-15(16)18-13/h9-10,12,21H,4-5H2,1-3H3,(H4,16,17,18,19,25)/t9-,10-,12-/m1/s1. The molecule has 0 saturated carbocycles. The highest BCUT2D eigenvalue weighted by atomic mass is 16.6. The lowest BCUT2D eigenvalue weighted by molar-refractivity contribution is -0.385. The van der Waals surface area contributed by atoms with Gasteiger partial charge in [-0.25, -0.2) is 0 Å². The number of H-pyrrole nitrogens is 1. The van der Waals surface area contributed by atoms with E-state index in [0.29, 0.717) is 0 Å². The fourth-order valence-corrected chi connectivity index (χ4v) is 2.42. The first-order chi connectivity index (χ1) is 14.0. The number of rotatable bonds is 10. The van der Waals surface area contributed by atoms with E-state index in [-0.39, 0.29) is 0 Å². The highest BCUT2D eigenvalue weighted by Crippen LogP contribution is 2.19. The van der Waals surface area contributed by atoms with E-state index in [1.807, 2.05) is 4.98 Å². The van der Waals surface area contributed by atoms with Crippen LogP contribution < -0.4 is 16.6 Å². The molecule has 0 aliphatic heterocycles. The second-order valence-electron chi connectivity index (χ2n) is 5.84. The lowest BCUT2D eigenvalue weighted by Gasteiger charge is -2.31. The minimum Gasteiger partial charge on any atom is -0.457 e. The number of carbonyl (C=O) groups is 3. The zero-order valence-corrected chi connectivity index (χ0v) is 16.2. The van der Waals surface area contributed by atoms with E-state index >= 15 is 0 Å². The van der Waals surface area contributed by atoms with Crippen LogP contribution in [-0.2, 0) is 28.6 Å². The zero-order valence-electron chi connectivity index (χ0n) is 16.2. The number of carbonyl (C=O) groups excluding carboxylic acids is 3. The number of aromatic nitrogens is 2. The van der Waals surface area contributed by atoms with Gasteiger partial charge >= 0.3 is 29.2 Å². The average Bonchev–Trinajstić information content (AvgIpc) is 2.59. The Bertz CT molecular complexity index is 870. The van der Waals surface area contributed by atoms with Crippen LogP contribution in [0.1, 0.15) is 20.8 Å². The molecular formula is C15H21N5O10. The smallest absolute Gasteiger partial charge is 0.375 e. The summed E-state index contributed by atoms with van der Waals surface area (Å²) >= 11 is 0. The highest BCUT2D eigenvalue weighted by Gasteiger charge is 2.37. The summed E-state index contributed by atoms with van der Waals surface area (Å²) in [7, 11) is 0. The molecule has 0 aliphatic rings. The van der Waals surface area contributed by atoms with Gasteiger partial charge in [-0.15, -0.1) is 0 Å². The van der Waals surface area contributed by atoms with Crippen molar-refractivity contribution in [1.29, 1.82) is 0 Å². The molecule has 1 aromatic rings. The number of esters is 3. The molecule has 1 rings (SSSR count). The number of nitrogens with zero attached hydrogens (tertiary/aromatic N) is 2. The number of anilines is 2. The van der Waals surface area contributed by atoms with Crippen LogP contribution in [0.3, 0.4) is 0 Å². The van der Waals surface area contributed by atoms with Crippen molar-refractivity contribution in [2.24, 2.45) is 0 Å². The van der Waals surface area contributed by atoms with E-state index in [1.165, 1.54) is 0 Å². The van der Waals surface area contributed by atoms with Gasteiger partial charge in [-0.05, 0) is 0 Å². The molecule has 30 heavy (non-hydrogen) atoms. The molecule has 15 nitrogen and oxygen atoms in total. The van der Waals surface area contributed by atoms with Crippen LogP contribution in [0.2, 0.25) is 0 Å². The third kappa shape index (κ3) is 7.01. The zero-order chi connectivity index (χ0) is 23.0. The van der Waals surface area contributed by atoms with Crippen molar-refractivity contribution in [3.63, 3.8) is 0 Å². The van der Waals surface area contributed by atoms with Gasteiger partial charge in [-0.3, -0.25) is 34.3 Å². The number of hydrogen-bond donors (Lipinski definition) is 4. The van der Waals surface area contributed by atoms with Crippen molar-refractivity contribution < 1.29 is 38.6 Å². The molecule has 0 unspecified atom stereocenters. The topological polar surface area (TPSA) is 226 Å². The molecule has 166 valence electrons. The molecule has 0 aliphatic carbocycles. The Morgan fingerprint density at radius 2 is 1.70 bits per heavy atom. The average molecular weight is 431 g/mol. The summed E-state index contributed by atoms with van der Waals surface area (Å²) in [6, 6.07) is 0. The predicted molar refractivity (Wildman–Crippen MR) is 98.2 cm³/mol. The molecule has 3 atom stereocenters. The van der Waals surface area contributed by atoms with Crippen molar-refractivity contribution in [3.8, 4) is 0 Å². The van der Waals surface area contributed by atoms with Crippen molar-refractivity contribution in [3.05, 3.63) is 20.5 Å². The second kappa shape index (κ2) is 10.7. The molecular weight excluding hydrogens is 410 g/mol. The van der Waals surface area contributed by atoms with Gasteiger partial charge in [0.25, 0.3) is 0 Å². The maximum atomic E-state index is 11.8. The van der Waals surface area contributed by atoms with Crippen molar-refractivity contribution in [2.45, 2.75) is 39.1 Å². The van der Waals surface area contributed by atoms with Gasteiger partial charge in [-0.1, -0.05) is 0 Å². The van der Waals surface area contributed by atoms with Gasteiger partial charge in [0.15, 0.2) is 18.3 Å². The fourth-order valence-electron chi connectivity index (χ4n) is 2.42. The Kier molecular flexibility index (Phi) is 8.66. The van der Waals surface area contributed by atoms with E-state index in [9.17, 15) is 34.4 Å². The molecule has 0 amide bonds. The number of aliphatic hydroxyl groups is 1. The third-order valence-electron chi connectivity index (χ3n) is 3.42. The minimum atomic E-state index is -1.49. The van der Waals surface area contributed by atoms with Gasteiger partial charge in [0.2, 0.25) is 11.8 Å².